The molecule has 0 saturated carbocycles. The molecule has 1 aromatic carbocycles. The van der Waals surface area contributed by atoms with Gasteiger partial charge in [-0.1, -0.05) is 29.3 Å². The lowest BCUT2D eigenvalue weighted by Crippen LogP contribution is -2.24. The van der Waals surface area contributed by atoms with Gasteiger partial charge in [0.05, 0.1) is 6.10 Å². The summed E-state index contributed by atoms with van der Waals surface area (Å²) in [7, 11) is 0. The zero-order valence-electron chi connectivity index (χ0n) is 8.41. The van der Waals surface area contributed by atoms with E-state index in [0.717, 1.165) is 16.7 Å². The van der Waals surface area contributed by atoms with E-state index in [4.69, 9.17) is 5.73 Å². The normalized spacial score (nSPS) is 15.5. The van der Waals surface area contributed by atoms with Crippen LogP contribution in [-0.2, 0) is 0 Å². The van der Waals surface area contributed by atoms with Gasteiger partial charge >= 0.3 is 0 Å². The maximum absolute atomic E-state index is 9.72. The summed E-state index contributed by atoms with van der Waals surface area (Å²) in [4.78, 5) is 0. The lowest BCUT2D eigenvalue weighted by atomic mass is 10.00. The lowest BCUT2D eigenvalue weighted by Gasteiger charge is -2.15. The predicted molar refractivity (Wildman–Crippen MR) is 54.5 cm³/mol. The van der Waals surface area contributed by atoms with Crippen LogP contribution in [0.3, 0.4) is 0 Å². The molecule has 72 valence electrons. The molecule has 0 aliphatic rings. The van der Waals surface area contributed by atoms with Gasteiger partial charge in [0.15, 0.2) is 0 Å². The van der Waals surface area contributed by atoms with Crippen LogP contribution in [0, 0.1) is 13.8 Å². The fraction of sp³-hybridized carbons (Fsp3) is 0.455. The molecule has 13 heavy (non-hydrogen) atoms. The quantitative estimate of drug-likeness (QED) is 0.725. The smallest absolute Gasteiger partial charge is 0.0938 e. The molecule has 1 rings (SSSR count). The highest BCUT2D eigenvalue weighted by Crippen LogP contribution is 2.18. The molecule has 0 fully saturated rings. The Morgan fingerprint density at radius 1 is 1.15 bits per heavy atom. The summed E-state index contributed by atoms with van der Waals surface area (Å²) >= 11 is 0. The van der Waals surface area contributed by atoms with Crippen molar-refractivity contribution in [3.63, 3.8) is 0 Å². The van der Waals surface area contributed by atoms with Gasteiger partial charge < -0.3 is 10.8 Å². The Morgan fingerprint density at radius 3 is 2.00 bits per heavy atom. The van der Waals surface area contributed by atoms with Crippen molar-refractivity contribution in [2.24, 2.45) is 5.73 Å². The van der Waals surface area contributed by atoms with Crippen LogP contribution in [0.15, 0.2) is 18.2 Å². The van der Waals surface area contributed by atoms with E-state index < -0.39 is 6.10 Å². The monoisotopic (exact) mass is 179 g/mol. The fourth-order valence-corrected chi connectivity index (χ4v) is 1.48. The second-order valence-electron chi connectivity index (χ2n) is 3.73. The third-order valence-electron chi connectivity index (χ3n) is 2.08. The van der Waals surface area contributed by atoms with Crippen LogP contribution in [0.5, 0.6) is 0 Å². The second kappa shape index (κ2) is 3.90. The van der Waals surface area contributed by atoms with E-state index >= 15 is 0 Å². The summed E-state index contributed by atoms with van der Waals surface area (Å²) in [5.41, 5.74) is 8.85. The van der Waals surface area contributed by atoms with E-state index in [1.54, 1.807) is 0 Å². The number of aliphatic hydroxyl groups is 1. The molecule has 0 bridgehead atoms. The number of aliphatic hydroxyl groups excluding tert-OH is 1. The van der Waals surface area contributed by atoms with Gasteiger partial charge in [0.2, 0.25) is 0 Å². The highest BCUT2D eigenvalue weighted by molar-refractivity contribution is 5.30. The average molecular weight is 179 g/mol. The maximum atomic E-state index is 9.72. The lowest BCUT2D eigenvalue weighted by molar-refractivity contribution is 0.153. The van der Waals surface area contributed by atoms with Crippen LogP contribution in [-0.4, -0.2) is 11.1 Å². The zero-order valence-corrected chi connectivity index (χ0v) is 8.41. The van der Waals surface area contributed by atoms with Gasteiger partial charge in [-0.25, -0.2) is 0 Å². The summed E-state index contributed by atoms with van der Waals surface area (Å²) in [6.45, 7) is 5.84. The highest BCUT2D eigenvalue weighted by Gasteiger charge is 2.12. The summed E-state index contributed by atoms with van der Waals surface area (Å²) in [5.74, 6) is 0. The number of hydrogen-bond donors (Lipinski definition) is 2. The molecule has 0 aliphatic carbocycles. The van der Waals surface area contributed by atoms with Crippen molar-refractivity contribution in [3.05, 3.63) is 34.9 Å². The van der Waals surface area contributed by atoms with Gasteiger partial charge in [0, 0.05) is 6.04 Å². The van der Waals surface area contributed by atoms with E-state index in [-0.39, 0.29) is 6.04 Å². The van der Waals surface area contributed by atoms with Crippen LogP contribution < -0.4 is 5.73 Å². The first-order chi connectivity index (χ1) is 6.00. The van der Waals surface area contributed by atoms with E-state index in [1.165, 1.54) is 0 Å². The van der Waals surface area contributed by atoms with Gasteiger partial charge in [-0.3, -0.25) is 0 Å². The summed E-state index contributed by atoms with van der Waals surface area (Å²) in [5, 5.41) is 9.72. The standard InChI is InChI=1S/C11H17NO/c1-7-4-8(2)6-10(5-7)11(13)9(3)12/h4-6,9,11,13H,12H2,1-3H3/t9-,11+/m0/s1. The summed E-state index contributed by atoms with van der Waals surface area (Å²) < 4.78 is 0. The molecule has 3 N–H and O–H groups in total. The molecule has 2 nitrogen and oxygen atoms in total. The van der Waals surface area contributed by atoms with Gasteiger partial charge in [0.1, 0.15) is 0 Å². The Morgan fingerprint density at radius 2 is 1.62 bits per heavy atom. The molecule has 0 radical (unpaired) electrons. The van der Waals surface area contributed by atoms with Crippen LogP contribution >= 0.6 is 0 Å². The Balaban J connectivity index is 3.01. The van der Waals surface area contributed by atoms with E-state index in [1.807, 2.05) is 32.9 Å². The van der Waals surface area contributed by atoms with Crippen LogP contribution in [0.4, 0.5) is 0 Å². The van der Waals surface area contributed by atoms with E-state index in [9.17, 15) is 5.11 Å². The highest BCUT2D eigenvalue weighted by atomic mass is 16.3. The van der Waals surface area contributed by atoms with E-state index in [0.29, 0.717) is 0 Å². The van der Waals surface area contributed by atoms with Gasteiger partial charge in [0.25, 0.3) is 0 Å². The average Bonchev–Trinajstić information content (AvgIpc) is 2.01. The van der Waals surface area contributed by atoms with E-state index in [2.05, 4.69) is 6.07 Å². The number of aryl methyl sites for hydroxylation is 2. The molecule has 0 aromatic heterocycles. The fourth-order valence-electron chi connectivity index (χ4n) is 1.48. The Kier molecular flexibility index (Phi) is 3.07. The maximum Gasteiger partial charge on any atom is 0.0938 e. The van der Waals surface area contributed by atoms with Crippen molar-refractivity contribution >= 4 is 0 Å². The predicted octanol–water partition coefficient (Wildman–Crippen LogP) is 1.68. The molecule has 0 saturated heterocycles. The van der Waals surface area contributed by atoms with Crippen LogP contribution in [0.2, 0.25) is 0 Å². The number of rotatable bonds is 2. The molecule has 0 amide bonds. The minimum Gasteiger partial charge on any atom is -0.387 e. The number of benzene rings is 1. The largest absolute Gasteiger partial charge is 0.387 e. The molecule has 0 unspecified atom stereocenters. The minimum atomic E-state index is -0.557. The van der Waals surface area contributed by atoms with Crippen molar-refractivity contribution in [1.82, 2.24) is 0 Å². The number of nitrogens with two attached hydrogens (primary N) is 1. The van der Waals surface area contributed by atoms with Crippen molar-refractivity contribution in [2.45, 2.75) is 32.9 Å². The molecule has 0 spiro atoms. The first kappa shape index (κ1) is 10.2. The second-order valence-corrected chi connectivity index (χ2v) is 3.73. The molecule has 2 atom stereocenters. The number of hydrogen-bond acceptors (Lipinski definition) is 2. The van der Waals surface area contributed by atoms with Gasteiger partial charge in [-0.2, -0.15) is 0 Å². The van der Waals surface area contributed by atoms with Crippen LogP contribution in [0.1, 0.15) is 29.7 Å². The Bertz CT molecular complexity index is 274. The summed E-state index contributed by atoms with van der Waals surface area (Å²) in [6.07, 6.45) is -0.557. The Hall–Kier alpha value is -0.860. The Labute approximate surface area is 79.4 Å². The molecule has 2 heteroatoms. The molecule has 0 heterocycles. The summed E-state index contributed by atoms with van der Waals surface area (Å²) in [6, 6.07) is 5.81. The van der Waals surface area contributed by atoms with Crippen molar-refractivity contribution in [2.75, 3.05) is 0 Å². The van der Waals surface area contributed by atoms with Gasteiger partial charge in [-0.15, -0.1) is 0 Å². The van der Waals surface area contributed by atoms with Crippen LogP contribution in [0.25, 0.3) is 0 Å². The zero-order chi connectivity index (χ0) is 10.0. The molecule has 0 aliphatic heterocycles. The van der Waals surface area contributed by atoms with Crippen molar-refractivity contribution in [3.8, 4) is 0 Å². The molecule has 1 aromatic rings. The van der Waals surface area contributed by atoms with Gasteiger partial charge in [-0.05, 0) is 26.3 Å². The first-order valence-electron chi connectivity index (χ1n) is 4.52. The molecular formula is C11H17NO. The third kappa shape index (κ3) is 2.54. The SMILES string of the molecule is Cc1cc(C)cc([C@H](O)[C@H](C)N)c1. The molecular weight excluding hydrogens is 162 g/mol. The van der Waals surface area contributed by atoms with Crippen molar-refractivity contribution < 1.29 is 5.11 Å². The minimum absolute atomic E-state index is 0.221. The third-order valence-corrected chi connectivity index (χ3v) is 2.08. The first-order valence-corrected chi connectivity index (χ1v) is 4.52. The van der Waals surface area contributed by atoms with Crippen molar-refractivity contribution in [1.29, 1.82) is 0 Å². The topological polar surface area (TPSA) is 46.2 Å².